The highest BCUT2D eigenvalue weighted by atomic mass is 16.1. The number of nitrogens with two attached hydrogens (primary N) is 1. The van der Waals surface area contributed by atoms with E-state index in [-0.39, 0.29) is 11.9 Å². The van der Waals surface area contributed by atoms with E-state index in [2.05, 4.69) is 17.0 Å². The lowest BCUT2D eigenvalue weighted by Crippen LogP contribution is -2.42. The average molecular weight is 291 g/mol. The lowest BCUT2D eigenvalue weighted by molar-refractivity contribution is -0.124. The number of rotatable bonds is 3. The van der Waals surface area contributed by atoms with E-state index in [1.165, 1.54) is 5.56 Å². The van der Waals surface area contributed by atoms with E-state index < -0.39 is 0 Å². The van der Waals surface area contributed by atoms with Gasteiger partial charge in [0.05, 0.1) is 11.6 Å². The van der Waals surface area contributed by atoms with Crippen molar-refractivity contribution >= 4 is 5.91 Å². The molecule has 0 aromatic heterocycles. The molecule has 1 aliphatic rings. The SMILES string of the molecule is N#Cc1ccc(CN2CCc3ccccc3[C@@H]2C(N)=O)cc1. The van der Waals surface area contributed by atoms with Crippen molar-refractivity contribution in [3.8, 4) is 6.07 Å². The summed E-state index contributed by atoms with van der Waals surface area (Å²) < 4.78 is 0. The van der Waals surface area contributed by atoms with Gasteiger partial charge in [-0.05, 0) is 35.2 Å². The standard InChI is InChI=1S/C18H17N3O/c19-11-13-5-7-14(8-6-13)12-21-10-9-15-3-1-2-4-16(15)17(21)18(20)22/h1-8,17H,9-10,12H2,(H2,20,22)/t17-/m1/s1. The molecular formula is C18H17N3O. The minimum Gasteiger partial charge on any atom is -0.368 e. The molecule has 2 N–H and O–H groups in total. The van der Waals surface area contributed by atoms with Crippen LogP contribution in [0.15, 0.2) is 48.5 Å². The summed E-state index contributed by atoms with van der Waals surface area (Å²) in [6, 6.07) is 17.2. The van der Waals surface area contributed by atoms with Crippen LogP contribution in [0.3, 0.4) is 0 Å². The van der Waals surface area contributed by atoms with E-state index in [1.54, 1.807) is 12.1 Å². The molecule has 1 aliphatic heterocycles. The maximum absolute atomic E-state index is 12.0. The van der Waals surface area contributed by atoms with Gasteiger partial charge in [0.2, 0.25) is 5.91 Å². The van der Waals surface area contributed by atoms with Gasteiger partial charge in [-0.25, -0.2) is 0 Å². The van der Waals surface area contributed by atoms with Crippen molar-refractivity contribution in [2.45, 2.75) is 19.0 Å². The van der Waals surface area contributed by atoms with Crippen LogP contribution in [0.1, 0.15) is 28.3 Å². The highest BCUT2D eigenvalue weighted by molar-refractivity contribution is 5.82. The van der Waals surface area contributed by atoms with E-state index in [9.17, 15) is 4.79 Å². The summed E-state index contributed by atoms with van der Waals surface area (Å²) in [5.74, 6) is -0.319. The molecule has 22 heavy (non-hydrogen) atoms. The Hall–Kier alpha value is -2.64. The van der Waals surface area contributed by atoms with Crippen LogP contribution in [0.2, 0.25) is 0 Å². The molecule has 1 atom stereocenters. The van der Waals surface area contributed by atoms with E-state index in [0.717, 1.165) is 24.1 Å². The number of carbonyl (C=O) groups is 1. The third kappa shape index (κ3) is 2.72. The Morgan fingerprint density at radius 3 is 2.64 bits per heavy atom. The zero-order valence-electron chi connectivity index (χ0n) is 12.2. The van der Waals surface area contributed by atoms with Crippen LogP contribution >= 0.6 is 0 Å². The van der Waals surface area contributed by atoms with Crippen LogP contribution in [0.5, 0.6) is 0 Å². The molecule has 4 nitrogen and oxygen atoms in total. The number of benzene rings is 2. The van der Waals surface area contributed by atoms with Gasteiger partial charge in [-0.3, -0.25) is 9.69 Å². The summed E-state index contributed by atoms with van der Waals surface area (Å²) in [5.41, 5.74) is 9.57. The van der Waals surface area contributed by atoms with Gasteiger partial charge in [-0.15, -0.1) is 0 Å². The molecule has 0 saturated carbocycles. The van der Waals surface area contributed by atoms with Crippen LogP contribution in [-0.4, -0.2) is 17.4 Å². The number of carbonyl (C=O) groups excluding carboxylic acids is 1. The minimum atomic E-state index is -0.388. The number of nitriles is 1. The quantitative estimate of drug-likeness (QED) is 0.942. The average Bonchev–Trinajstić information content (AvgIpc) is 2.55. The molecule has 0 radical (unpaired) electrons. The highest BCUT2D eigenvalue weighted by Crippen LogP contribution is 2.30. The van der Waals surface area contributed by atoms with E-state index in [0.29, 0.717) is 12.1 Å². The Balaban J connectivity index is 1.87. The second kappa shape index (κ2) is 6.00. The molecule has 0 unspecified atom stereocenters. The van der Waals surface area contributed by atoms with Gasteiger partial charge < -0.3 is 5.73 Å². The summed E-state index contributed by atoms with van der Waals surface area (Å²) in [7, 11) is 0. The van der Waals surface area contributed by atoms with Crippen molar-refractivity contribution in [2.75, 3.05) is 6.54 Å². The molecule has 0 spiro atoms. The number of nitrogens with zero attached hydrogens (tertiary/aromatic N) is 2. The molecular weight excluding hydrogens is 274 g/mol. The van der Waals surface area contributed by atoms with Crippen LogP contribution < -0.4 is 5.73 Å². The molecule has 0 saturated heterocycles. The van der Waals surface area contributed by atoms with Crippen molar-refractivity contribution in [1.29, 1.82) is 5.26 Å². The van der Waals surface area contributed by atoms with E-state index in [1.807, 2.05) is 30.3 Å². The van der Waals surface area contributed by atoms with Crippen molar-refractivity contribution < 1.29 is 4.79 Å². The Bertz CT molecular complexity index is 731. The van der Waals surface area contributed by atoms with Crippen molar-refractivity contribution in [2.24, 2.45) is 5.73 Å². The molecule has 110 valence electrons. The van der Waals surface area contributed by atoms with Gasteiger partial charge in [0.15, 0.2) is 0 Å². The summed E-state index contributed by atoms with van der Waals surface area (Å²) in [6.45, 7) is 1.44. The summed E-state index contributed by atoms with van der Waals surface area (Å²) in [5, 5.41) is 8.85. The molecule has 3 rings (SSSR count). The molecule has 0 fully saturated rings. The topological polar surface area (TPSA) is 70.1 Å². The van der Waals surface area contributed by atoms with Crippen LogP contribution in [0.4, 0.5) is 0 Å². The maximum Gasteiger partial charge on any atom is 0.239 e. The highest BCUT2D eigenvalue weighted by Gasteiger charge is 2.31. The lowest BCUT2D eigenvalue weighted by Gasteiger charge is -2.35. The first-order chi connectivity index (χ1) is 10.7. The molecule has 4 heteroatoms. The third-order valence-corrected chi connectivity index (χ3v) is 4.12. The minimum absolute atomic E-state index is 0.319. The first kappa shape index (κ1) is 14.3. The summed E-state index contributed by atoms with van der Waals surface area (Å²) in [6.07, 6.45) is 0.913. The van der Waals surface area contributed by atoms with Crippen LogP contribution in [0.25, 0.3) is 0 Å². The van der Waals surface area contributed by atoms with E-state index >= 15 is 0 Å². The monoisotopic (exact) mass is 291 g/mol. The van der Waals surface area contributed by atoms with Gasteiger partial charge in [0.1, 0.15) is 6.04 Å². The zero-order chi connectivity index (χ0) is 15.5. The maximum atomic E-state index is 12.0. The van der Waals surface area contributed by atoms with Crippen molar-refractivity contribution in [3.05, 3.63) is 70.8 Å². The van der Waals surface area contributed by atoms with Gasteiger partial charge in [-0.2, -0.15) is 5.26 Å². The third-order valence-electron chi connectivity index (χ3n) is 4.12. The molecule has 2 aromatic rings. The predicted molar refractivity (Wildman–Crippen MR) is 83.6 cm³/mol. The largest absolute Gasteiger partial charge is 0.368 e. The van der Waals surface area contributed by atoms with Gasteiger partial charge >= 0.3 is 0 Å². The fourth-order valence-corrected chi connectivity index (χ4v) is 3.04. The Morgan fingerprint density at radius 1 is 1.23 bits per heavy atom. The molecule has 0 aliphatic carbocycles. The first-order valence-electron chi connectivity index (χ1n) is 7.29. The van der Waals surface area contributed by atoms with Crippen LogP contribution in [-0.2, 0) is 17.8 Å². The first-order valence-corrected chi connectivity index (χ1v) is 7.29. The number of fused-ring (bicyclic) bond motifs is 1. The summed E-state index contributed by atoms with van der Waals surface area (Å²) in [4.78, 5) is 14.1. The molecule has 0 bridgehead atoms. The van der Waals surface area contributed by atoms with Crippen molar-refractivity contribution in [3.63, 3.8) is 0 Å². The molecule has 1 amide bonds. The van der Waals surface area contributed by atoms with Crippen molar-refractivity contribution in [1.82, 2.24) is 4.90 Å². The predicted octanol–water partition coefficient (Wildman–Crippen LogP) is 2.14. The molecule has 1 heterocycles. The fraction of sp³-hybridized carbons (Fsp3) is 0.222. The number of hydrogen-bond donors (Lipinski definition) is 1. The summed E-state index contributed by atoms with van der Waals surface area (Å²) >= 11 is 0. The number of primary amides is 1. The number of hydrogen-bond acceptors (Lipinski definition) is 3. The second-order valence-electron chi connectivity index (χ2n) is 5.53. The smallest absolute Gasteiger partial charge is 0.239 e. The normalized spacial score (nSPS) is 17.5. The Kier molecular flexibility index (Phi) is 3.90. The second-order valence-corrected chi connectivity index (χ2v) is 5.53. The van der Waals surface area contributed by atoms with Gasteiger partial charge in [-0.1, -0.05) is 36.4 Å². The van der Waals surface area contributed by atoms with Gasteiger partial charge in [0, 0.05) is 13.1 Å². The van der Waals surface area contributed by atoms with E-state index in [4.69, 9.17) is 11.0 Å². The Labute approximate surface area is 129 Å². The fourth-order valence-electron chi connectivity index (χ4n) is 3.04. The van der Waals surface area contributed by atoms with Gasteiger partial charge in [0.25, 0.3) is 0 Å². The zero-order valence-corrected chi connectivity index (χ0v) is 12.2. The molecule has 2 aromatic carbocycles. The Morgan fingerprint density at radius 2 is 1.95 bits per heavy atom. The van der Waals surface area contributed by atoms with Crippen LogP contribution in [0, 0.1) is 11.3 Å². The lowest BCUT2D eigenvalue weighted by atomic mass is 9.91. The number of amides is 1.